The lowest BCUT2D eigenvalue weighted by Gasteiger charge is -2.20. The highest BCUT2D eigenvalue weighted by Gasteiger charge is 2.25. The molecule has 1 fully saturated rings. The van der Waals surface area contributed by atoms with Crippen LogP contribution in [-0.2, 0) is 9.53 Å². The first kappa shape index (κ1) is 45.4. The summed E-state index contributed by atoms with van der Waals surface area (Å²) in [5.74, 6) is 4.64. The zero-order valence-electron chi connectivity index (χ0n) is 34.2. The van der Waals surface area contributed by atoms with E-state index in [0.29, 0.717) is 66.0 Å². The van der Waals surface area contributed by atoms with Gasteiger partial charge in [-0.2, -0.15) is 0 Å². The Morgan fingerprint density at radius 3 is 2.57 bits per heavy atom. The molecule has 17 heteroatoms. The van der Waals surface area contributed by atoms with Crippen LogP contribution in [0.15, 0.2) is 51.9 Å². The average molecular weight is 858 g/mol. The number of aromatic carboxylic acids is 1. The summed E-state index contributed by atoms with van der Waals surface area (Å²) in [7, 11) is 3.13. The number of hydrogen-bond donors (Lipinski definition) is 7. The van der Waals surface area contributed by atoms with Gasteiger partial charge in [0.1, 0.15) is 23.2 Å². The van der Waals surface area contributed by atoms with Crippen molar-refractivity contribution >= 4 is 68.1 Å². The topological polar surface area (TPSA) is 212 Å². The summed E-state index contributed by atoms with van der Waals surface area (Å²) in [4.78, 5) is 65.4. The summed E-state index contributed by atoms with van der Waals surface area (Å²) in [6.07, 6.45) is 2.50. The van der Waals surface area contributed by atoms with Gasteiger partial charge in [0, 0.05) is 85.0 Å². The van der Waals surface area contributed by atoms with Crippen molar-refractivity contribution in [3.8, 4) is 34.3 Å². The van der Waals surface area contributed by atoms with Crippen molar-refractivity contribution in [1.82, 2.24) is 26.6 Å². The highest BCUT2D eigenvalue weighted by Crippen LogP contribution is 2.43. The first-order chi connectivity index (χ1) is 29.0. The summed E-state index contributed by atoms with van der Waals surface area (Å²) in [6, 6.07) is 11.6. The monoisotopic (exact) mass is 857 g/mol. The molecule has 1 saturated heterocycles. The number of anilines is 1. The Hall–Kier alpha value is -5.70. The summed E-state index contributed by atoms with van der Waals surface area (Å²) < 4.78 is 12.2. The minimum atomic E-state index is -1.10. The van der Waals surface area contributed by atoms with Gasteiger partial charge in [0.2, 0.25) is 5.91 Å². The van der Waals surface area contributed by atoms with Crippen LogP contribution in [0.3, 0.4) is 0 Å². The Morgan fingerprint density at radius 1 is 0.967 bits per heavy atom. The number of urea groups is 2. The highest BCUT2D eigenvalue weighted by molar-refractivity contribution is 8.76. The minimum absolute atomic E-state index is 0.0753. The molecular weight excluding hydrogens is 807 g/mol. The molecule has 0 bridgehead atoms. The third kappa shape index (κ3) is 12.4. The normalized spacial score (nSPS) is 13.9. The number of carboxylic acids is 1. The van der Waals surface area contributed by atoms with Crippen LogP contribution in [0, 0.1) is 31.6 Å². The van der Waals surface area contributed by atoms with E-state index in [1.54, 1.807) is 33.7 Å². The Kier molecular flexibility index (Phi) is 17.1. The van der Waals surface area contributed by atoms with Crippen molar-refractivity contribution in [2.75, 3.05) is 62.9 Å². The Balaban J connectivity index is 1.07. The molecule has 60 heavy (non-hydrogen) atoms. The molecule has 2 aromatic rings. The lowest BCUT2D eigenvalue weighted by atomic mass is 9.88. The summed E-state index contributed by atoms with van der Waals surface area (Å²) in [5.41, 5.74) is 5.64. The number of benzene rings is 3. The second kappa shape index (κ2) is 22.6. The van der Waals surface area contributed by atoms with Crippen LogP contribution < -0.4 is 37.3 Å². The van der Waals surface area contributed by atoms with Crippen molar-refractivity contribution in [2.45, 2.75) is 47.0 Å². The Bertz CT molecular complexity index is 2320. The lowest BCUT2D eigenvalue weighted by molar-refractivity contribution is -0.122. The molecule has 6 amide bonds. The van der Waals surface area contributed by atoms with Crippen LogP contribution in [0.2, 0.25) is 0 Å². The van der Waals surface area contributed by atoms with E-state index in [4.69, 9.17) is 9.15 Å². The average Bonchev–Trinajstić information content (AvgIpc) is 3.21. The molecule has 318 valence electrons. The summed E-state index contributed by atoms with van der Waals surface area (Å²) >= 11 is 0. The van der Waals surface area contributed by atoms with Gasteiger partial charge < -0.3 is 40.8 Å². The molecule has 1 aliphatic carbocycles. The molecule has 0 radical (unpaired) electrons. The zero-order valence-corrected chi connectivity index (χ0v) is 35.8. The number of ether oxygens (including phenoxy) is 1. The second-order valence-corrected chi connectivity index (χ2v) is 16.3. The fourth-order valence-corrected chi connectivity index (χ4v) is 8.06. The molecule has 0 saturated carbocycles. The van der Waals surface area contributed by atoms with Gasteiger partial charge in [-0.15, -0.1) is 0 Å². The predicted octanol–water partition coefficient (Wildman–Crippen LogP) is 5.89. The molecular formula is C43H51N7O8S2. The Labute approximate surface area is 356 Å². The third-order valence-corrected chi connectivity index (χ3v) is 11.5. The van der Waals surface area contributed by atoms with E-state index >= 15 is 0 Å². The first-order valence-corrected chi connectivity index (χ1v) is 22.3. The lowest BCUT2D eigenvalue weighted by Crippen LogP contribution is -2.51. The largest absolute Gasteiger partial charge is 0.478 e. The standard InChI is InChI=1S/C43H51N7O8S2/c1-5-44-34-22-36-32(19-26(34)3)38(33-20-27(4)35(45-6-2)23-37(33)58-36)31-21-28(12-13-30(31)41(53)54)39(51)46-16-18-59-60-25-57-17-9-7-8-14-47-42(55)48-15-10-11-29-24-49-43(56)50-40(29)52/h12-13,19-23,29,44H,5-9,14-18,24-25H2,1-4H3,(H,46,51)(H,53,54)(H2,47,48,55)(H2,49,50,52,56). The molecule has 0 spiro atoms. The number of aryl methyl sites for hydroxylation is 2. The minimum Gasteiger partial charge on any atom is -0.478 e. The fourth-order valence-electron chi connectivity index (χ4n) is 6.49. The van der Waals surface area contributed by atoms with Gasteiger partial charge in [0.05, 0.1) is 17.5 Å². The Morgan fingerprint density at radius 2 is 1.80 bits per heavy atom. The van der Waals surface area contributed by atoms with E-state index in [0.717, 1.165) is 58.9 Å². The van der Waals surface area contributed by atoms with Crippen molar-refractivity contribution in [1.29, 1.82) is 0 Å². The van der Waals surface area contributed by atoms with E-state index in [-0.39, 0.29) is 30.6 Å². The van der Waals surface area contributed by atoms with Crippen LogP contribution in [-0.4, -0.2) is 92.5 Å². The predicted molar refractivity (Wildman–Crippen MR) is 236 cm³/mol. The van der Waals surface area contributed by atoms with E-state index < -0.39 is 23.8 Å². The van der Waals surface area contributed by atoms with Crippen molar-refractivity contribution in [3.05, 3.63) is 70.1 Å². The molecule has 1 unspecified atom stereocenters. The van der Waals surface area contributed by atoms with Gasteiger partial charge in [0.15, 0.2) is 0 Å². The number of carboxylic acid groups (broad SMARTS) is 1. The third-order valence-electron chi connectivity index (χ3n) is 9.43. The van der Waals surface area contributed by atoms with Crippen molar-refractivity contribution < 1.29 is 38.2 Å². The van der Waals surface area contributed by atoms with Crippen LogP contribution in [0.5, 0.6) is 0 Å². The maximum absolute atomic E-state index is 13.4. The number of nitrogens with zero attached hydrogens (tertiary/aromatic N) is 1. The molecule has 2 heterocycles. The van der Waals surface area contributed by atoms with E-state index in [9.17, 15) is 29.1 Å². The van der Waals surface area contributed by atoms with Crippen molar-refractivity contribution in [3.63, 3.8) is 0 Å². The van der Waals surface area contributed by atoms with Crippen LogP contribution in [0.4, 0.5) is 15.3 Å². The smallest absolute Gasteiger partial charge is 0.336 e. The SMILES string of the molecule is CCN=c1cc2oc3cc(NCC)c(C)cc3c(-c3cc(C(=O)NCCSSCOCCCCCNC(=O)NCC#CC4CNC(=O)NC4=O)ccc3C(=O)O)c-2cc1C. The van der Waals surface area contributed by atoms with Gasteiger partial charge in [-0.1, -0.05) is 33.4 Å². The number of carbonyl (C=O) groups is 5. The number of hydrogen-bond acceptors (Lipinski definition) is 11. The van der Waals surface area contributed by atoms with Gasteiger partial charge in [-0.3, -0.25) is 19.9 Å². The van der Waals surface area contributed by atoms with Crippen LogP contribution in [0.1, 0.15) is 65.0 Å². The number of nitrogens with one attached hydrogen (secondary N) is 6. The number of rotatable bonds is 19. The molecule has 0 aromatic heterocycles. The van der Waals surface area contributed by atoms with E-state index in [2.05, 4.69) is 48.7 Å². The van der Waals surface area contributed by atoms with Gasteiger partial charge >= 0.3 is 18.0 Å². The number of imide groups is 1. The van der Waals surface area contributed by atoms with Crippen molar-refractivity contribution in [2.24, 2.45) is 10.9 Å². The number of fused-ring (bicyclic) bond motifs is 2. The highest BCUT2D eigenvalue weighted by atomic mass is 33.1. The van der Waals surface area contributed by atoms with E-state index in [1.807, 2.05) is 52.0 Å². The summed E-state index contributed by atoms with van der Waals surface area (Å²) in [5, 5.41) is 28.2. The number of amides is 6. The van der Waals surface area contributed by atoms with E-state index in [1.165, 1.54) is 6.07 Å². The van der Waals surface area contributed by atoms with Gasteiger partial charge in [0.25, 0.3) is 5.91 Å². The van der Waals surface area contributed by atoms with Crippen LogP contribution in [0.25, 0.3) is 33.4 Å². The molecule has 3 aliphatic rings. The number of unbranched alkanes of at least 4 members (excludes halogenated alkanes) is 2. The molecule has 15 nitrogen and oxygen atoms in total. The molecule has 2 aromatic carbocycles. The fraction of sp³-hybridized carbons (Fsp3) is 0.395. The zero-order chi connectivity index (χ0) is 43.0. The van der Waals surface area contributed by atoms with Crippen LogP contribution >= 0.6 is 21.6 Å². The molecule has 5 rings (SSSR count). The maximum atomic E-state index is 13.4. The quantitative estimate of drug-likeness (QED) is 0.0194. The maximum Gasteiger partial charge on any atom is 0.336 e. The summed E-state index contributed by atoms with van der Waals surface area (Å²) in [6.45, 7) is 11.0. The molecule has 2 aliphatic heterocycles. The van der Waals surface area contributed by atoms with Gasteiger partial charge in [-0.25, -0.2) is 14.4 Å². The second-order valence-electron chi connectivity index (χ2n) is 13.8. The van der Waals surface area contributed by atoms with Gasteiger partial charge in [-0.05, 0) is 94.0 Å². The molecule has 1 atom stereocenters. The first-order valence-electron chi connectivity index (χ1n) is 19.8. The number of carbonyl (C=O) groups excluding carboxylic acids is 4. The molecule has 7 N–H and O–H groups in total.